The van der Waals surface area contributed by atoms with Gasteiger partial charge >= 0.3 is 6.36 Å². The summed E-state index contributed by atoms with van der Waals surface area (Å²) in [4.78, 5) is 40.0. The van der Waals surface area contributed by atoms with Crippen molar-refractivity contribution in [1.29, 1.82) is 0 Å². The number of fused-ring (bicyclic) bond motifs is 1. The Morgan fingerprint density at radius 1 is 1.25 bits per heavy atom. The predicted molar refractivity (Wildman–Crippen MR) is 122 cm³/mol. The molecule has 2 amide bonds. The van der Waals surface area contributed by atoms with E-state index in [9.17, 15) is 32.7 Å². The van der Waals surface area contributed by atoms with E-state index in [0.717, 1.165) is 17.4 Å². The second kappa shape index (κ2) is 9.96. The van der Waals surface area contributed by atoms with Gasteiger partial charge in [0.1, 0.15) is 5.65 Å². The van der Waals surface area contributed by atoms with E-state index in [4.69, 9.17) is 0 Å². The maximum atomic E-state index is 13.3. The number of alkyl halides is 3. The van der Waals surface area contributed by atoms with Crippen LogP contribution < -0.4 is 10.9 Å². The van der Waals surface area contributed by atoms with Crippen molar-refractivity contribution in [1.82, 2.24) is 24.4 Å². The second-order valence-electron chi connectivity index (χ2n) is 9.51. The van der Waals surface area contributed by atoms with E-state index in [1.165, 1.54) is 27.8 Å². The summed E-state index contributed by atoms with van der Waals surface area (Å²) in [5.74, 6) is -1.66. The molecule has 0 spiro atoms. The summed E-state index contributed by atoms with van der Waals surface area (Å²) < 4.78 is 43.7. The van der Waals surface area contributed by atoms with Crippen LogP contribution in [-0.4, -0.2) is 67.6 Å². The molecule has 196 valence electrons. The summed E-state index contributed by atoms with van der Waals surface area (Å²) in [5.41, 5.74) is -0.481. The molecule has 2 N–H and O–H groups in total. The van der Waals surface area contributed by atoms with Crippen LogP contribution in [0.3, 0.4) is 0 Å². The number of aromatic hydroxyl groups is 1. The number of halogens is 3. The highest BCUT2D eigenvalue weighted by Gasteiger charge is 2.35. The first kappa shape index (κ1) is 25.7. The lowest BCUT2D eigenvalue weighted by Gasteiger charge is -2.31. The summed E-state index contributed by atoms with van der Waals surface area (Å²) in [6, 6.07) is -0.0160. The molecule has 4 rings (SSSR count). The molecule has 2 fully saturated rings. The number of nitrogens with one attached hydrogen (secondary N) is 1. The SMILES string of the molecule is CC(C)Cn1c(=O)c(C(=O)NC2CC2)c(O)n2ncc(/C=C/C(=O)N3CCC(OC(F)(F)F)CC3)c12. The van der Waals surface area contributed by atoms with Gasteiger partial charge in [-0.05, 0) is 37.7 Å². The molecule has 1 aliphatic heterocycles. The Kier molecular flexibility index (Phi) is 7.12. The lowest BCUT2D eigenvalue weighted by atomic mass is 10.1. The molecule has 0 aromatic carbocycles. The Morgan fingerprint density at radius 2 is 1.92 bits per heavy atom. The Balaban J connectivity index is 1.59. The minimum Gasteiger partial charge on any atom is -0.492 e. The van der Waals surface area contributed by atoms with Gasteiger partial charge in [-0.1, -0.05) is 13.8 Å². The number of ether oxygens (including phenoxy) is 1. The number of hydrogen-bond donors (Lipinski definition) is 2. The molecular weight excluding hydrogens is 483 g/mol. The highest BCUT2D eigenvalue weighted by atomic mass is 19.4. The molecule has 2 aromatic rings. The fourth-order valence-corrected chi connectivity index (χ4v) is 4.20. The fraction of sp³-hybridized carbons (Fsp3) is 0.565. The molecule has 0 radical (unpaired) electrons. The number of carbonyl (C=O) groups is 2. The van der Waals surface area contributed by atoms with Crippen molar-refractivity contribution in [3.8, 4) is 5.88 Å². The molecule has 2 aromatic heterocycles. The molecule has 2 aliphatic rings. The first-order valence-electron chi connectivity index (χ1n) is 11.8. The maximum absolute atomic E-state index is 13.3. The van der Waals surface area contributed by atoms with Crippen molar-refractivity contribution in [2.24, 2.45) is 5.92 Å². The van der Waals surface area contributed by atoms with E-state index in [0.29, 0.717) is 5.56 Å². The van der Waals surface area contributed by atoms with Gasteiger partial charge in [0, 0.05) is 37.3 Å². The third kappa shape index (κ3) is 5.72. The van der Waals surface area contributed by atoms with Crippen molar-refractivity contribution in [2.45, 2.75) is 64.6 Å². The van der Waals surface area contributed by atoms with Crippen LogP contribution in [0.25, 0.3) is 11.7 Å². The number of amides is 2. The minimum atomic E-state index is -4.71. The lowest BCUT2D eigenvalue weighted by Crippen LogP contribution is -2.41. The van der Waals surface area contributed by atoms with Crippen LogP contribution in [0.5, 0.6) is 5.88 Å². The minimum absolute atomic E-state index is 0.0160. The van der Waals surface area contributed by atoms with Gasteiger partial charge in [0.25, 0.3) is 11.5 Å². The Morgan fingerprint density at radius 3 is 2.50 bits per heavy atom. The van der Waals surface area contributed by atoms with Gasteiger partial charge in [0.05, 0.1) is 12.3 Å². The van der Waals surface area contributed by atoms with Crippen molar-refractivity contribution >= 4 is 23.5 Å². The van der Waals surface area contributed by atoms with Crippen LogP contribution in [0.2, 0.25) is 0 Å². The zero-order valence-corrected chi connectivity index (χ0v) is 19.9. The first-order chi connectivity index (χ1) is 16.9. The molecule has 0 atom stereocenters. The number of nitrogens with zero attached hydrogens (tertiary/aromatic N) is 4. The van der Waals surface area contributed by atoms with E-state index in [-0.39, 0.29) is 50.1 Å². The Hall–Kier alpha value is -3.35. The van der Waals surface area contributed by atoms with Crippen LogP contribution in [-0.2, 0) is 16.1 Å². The van der Waals surface area contributed by atoms with Gasteiger partial charge in [-0.3, -0.25) is 23.7 Å². The number of aromatic nitrogens is 3. The summed E-state index contributed by atoms with van der Waals surface area (Å²) >= 11 is 0. The zero-order valence-electron chi connectivity index (χ0n) is 19.9. The maximum Gasteiger partial charge on any atom is 0.522 e. The van der Waals surface area contributed by atoms with Gasteiger partial charge in [-0.15, -0.1) is 13.2 Å². The second-order valence-corrected chi connectivity index (χ2v) is 9.51. The highest BCUT2D eigenvalue weighted by Crippen LogP contribution is 2.26. The van der Waals surface area contributed by atoms with E-state index in [1.54, 1.807) is 0 Å². The van der Waals surface area contributed by atoms with Crippen LogP contribution >= 0.6 is 0 Å². The normalized spacial score (nSPS) is 17.4. The molecule has 0 bridgehead atoms. The van der Waals surface area contributed by atoms with Crippen LogP contribution in [0.15, 0.2) is 17.1 Å². The third-order valence-corrected chi connectivity index (χ3v) is 6.06. The molecule has 10 nitrogen and oxygen atoms in total. The lowest BCUT2D eigenvalue weighted by molar-refractivity contribution is -0.345. The topological polar surface area (TPSA) is 118 Å². The van der Waals surface area contributed by atoms with E-state index in [1.807, 2.05) is 13.8 Å². The van der Waals surface area contributed by atoms with Crippen molar-refractivity contribution < 1.29 is 32.6 Å². The van der Waals surface area contributed by atoms with Gasteiger partial charge in [0.15, 0.2) is 5.56 Å². The standard InChI is InChI=1S/C23H28F3N5O5/c1-13(2)12-30-20-14(3-6-17(32)29-9-7-16(8-10-29)36-23(24,25)26)11-27-31(20)22(35)18(21(30)34)19(33)28-15-4-5-15/h3,6,11,13,15-16,35H,4-5,7-10,12H2,1-2H3,(H,28,33)/b6-3+. The Labute approximate surface area is 204 Å². The van der Waals surface area contributed by atoms with Gasteiger partial charge < -0.3 is 15.3 Å². The average molecular weight is 512 g/mol. The molecule has 36 heavy (non-hydrogen) atoms. The highest BCUT2D eigenvalue weighted by molar-refractivity contribution is 5.97. The first-order valence-corrected chi connectivity index (χ1v) is 11.8. The van der Waals surface area contributed by atoms with Crippen LogP contribution in [0, 0.1) is 5.92 Å². The number of piperidine rings is 1. The van der Waals surface area contributed by atoms with Gasteiger partial charge in [-0.2, -0.15) is 9.61 Å². The summed E-state index contributed by atoms with van der Waals surface area (Å²) in [5, 5.41) is 17.6. The van der Waals surface area contributed by atoms with Crippen molar-refractivity contribution in [3.05, 3.63) is 33.8 Å². The fourth-order valence-electron chi connectivity index (χ4n) is 4.20. The van der Waals surface area contributed by atoms with Crippen molar-refractivity contribution in [2.75, 3.05) is 13.1 Å². The molecular formula is C23H28F3N5O5. The quantitative estimate of drug-likeness (QED) is 0.551. The number of rotatable bonds is 7. The van der Waals surface area contributed by atoms with Crippen LogP contribution in [0.4, 0.5) is 13.2 Å². The summed E-state index contributed by atoms with van der Waals surface area (Å²) in [7, 11) is 0. The average Bonchev–Trinajstić information content (AvgIpc) is 3.49. The largest absolute Gasteiger partial charge is 0.522 e. The summed E-state index contributed by atoms with van der Waals surface area (Å²) in [6.07, 6.45) is 0.0835. The number of likely N-dealkylation sites (tertiary alicyclic amines) is 1. The van der Waals surface area contributed by atoms with Gasteiger partial charge in [-0.25, -0.2) is 0 Å². The Bertz CT molecular complexity index is 1240. The molecule has 1 saturated heterocycles. The summed E-state index contributed by atoms with van der Waals surface area (Å²) in [6.45, 7) is 4.23. The monoisotopic (exact) mass is 511 g/mol. The van der Waals surface area contributed by atoms with E-state index in [2.05, 4.69) is 15.2 Å². The molecule has 1 aliphatic carbocycles. The predicted octanol–water partition coefficient (Wildman–Crippen LogP) is 2.29. The van der Waals surface area contributed by atoms with E-state index < -0.39 is 41.3 Å². The van der Waals surface area contributed by atoms with Crippen LogP contribution in [0.1, 0.15) is 55.5 Å². The number of carbonyl (C=O) groups excluding carboxylic acids is 2. The van der Waals surface area contributed by atoms with Crippen molar-refractivity contribution in [3.63, 3.8) is 0 Å². The third-order valence-electron chi connectivity index (χ3n) is 6.06. The zero-order chi connectivity index (χ0) is 26.2. The van der Waals surface area contributed by atoms with Gasteiger partial charge in [0.2, 0.25) is 11.8 Å². The van der Waals surface area contributed by atoms with E-state index >= 15 is 0 Å². The molecule has 0 unspecified atom stereocenters. The molecule has 13 heteroatoms. The smallest absolute Gasteiger partial charge is 0.492 e. The molecule has 3 heterocycles. The number of hydrogen-bond acceptors (Lipinski definition) is 6. The molecule has 1 saturated carbocycles.